The fourth-order valence-electron chi connectivity index (χ4n) is 3.74. The van der Waals surface area contributed by atoms with Crippen molar-refractivity contribution in [3.63, 3.8) is 0 Å². The van der Waals surface area contributed by atoms with E-state index in [9.17, 15) is 9.90 Å². The topological polar surface area (TPSA) is 56.7 Å². The predicted molar refractivity (Wildman–Crippen MR) is 101 cm³/mol. The van der Waals surface area contributed by atoms with Gasteiger partial charge in [0.25, 0.3) is 0 Å². The molecule has 0 radical (unpaired) electrons. The van der Waals surface area contributed by atoms with Crippen LogP contribution in [0.15, 0.2) is 54.9 Å². The van der Waals surface area contributed by atoms with Gasteiger partial charge in [0, 0.05) is 17.6 Å². The van der Waals surface area contributed by atoms with Crippen molar-refractivity contribution in [3.8, 4) is 0 Å². The lowest BCUT2D eigenvalue weighted by atomic mass is 10.0. The summed E-state index contributed by atoms with van der Waals surface area (Å²) in [5, 5.41) is 14.8. The number of amides is 1. The van der Waals surface area contributed by atoms with E-state index in [1.165, 1.54) is 0 Å². The van der Waals surface area contributed by atoms with Crippen molar-refractivity contribution < 1.29 is 9.90 Å². The Balaban J connectivity index is 1.81. The maximum atomic E-state index is 12.8. The van der Waals surface area contributed by atoms with Crippen LogP contribution in [0.25, 0.3) is 5.70 Å². The monoisotopic (exact) mass is 369 g/mol. The Hall–Kier alpha value is -2.37. The molecule has 134 valence electrons. The smallest absolute Gasteiger partial charge is 0.249 e. The summed E-state index contributed by atoms with van der Waals surface area (Å²) >= 11 is 6.04. The van der Waals surface area contributed by atoms with Crippen molar-refractivity contribution in [2.45, 2.75) is 37.8 Å². The highest BCUT2D eigenvalue weighted by molar-refractivity contribution is 6.30. The van der Waals surface area contributed by atoms with Gasteiger partial charge in [0.05, 0.1) is 29.7 Å². The maximum Gasteiger partial charge on any atom is 0.249 e. The first kappa shape index (κ1) is 17.1. The number of aliphatic hydroxyl groups excluding tert-OH is 1. The highest BCUT2D eigenvalue weighted by Crippen LogP contribution is 2.37. The Morgan fingerprint density at radius 1 is 1.15 bits per heavy atom. The molecule has 1 fully saturated rings. The van der Waals surface area contributed by atoms with Crippen LogP contribution in [0.5, 0.6) is 0 Å². The third kappa shape index (κ3) is 3.08. The molecule has 0 saturated heterocycles. The molecule has 0 unspecified atom stereocenters. The van der Waals surface area contributed by atoms with E-state index in [4.69, 9.17) is 11.6 Å². The largest absolute Gasteiger partial charge is 0.391 e. The average Bonchev–Trinajstić information content (AvgIpc) is 3.08. The Morgan fingerprint density at radius 2 is 1.96 bits per heavy atom. The first-order chi connectivity index (χ1) is 12.6. The van der Waals surface area contributed by atoms with Crippen LogP contribution in [0.2, 0.25) is 5.02 Å². The number of hydrogen-bond acceptors (Lipinski definition) is 4. The zero-order valence-electron chi connectivity index (χ0n) is 14.3. The summed E-state index contributed by atoms with van der Waals surface area (Å²) in [5.41, 5.74) is 2.59. The van der Waals surface area contributed by atoms with Crippen molar-refractivity contribution in [2.75, 3.05) is 5.01 Å². The van der Waals surface area contributed by atoms with Gasteiger partial charge >= 0.3 is 0 Å². The quantitative estimate of drug-likeness (QED) is 0.897. The molecule has 1 aliphatic carbocycles. The molecule has 1 aromatic heterocycles. The van der Waals surface area contributed by atoms with Crippen LogP contribution in [0.1, 0.15) is 31.2 Å². The van der Waals surface area contributed by atoms with Gasteiger partial charge in [-0.3, -0.25) is 14.8 Å². The first-order valence-corrected chi connectivity index (χ1v) is 9.19. The standard InChI is InChI=1S/C20H20ClN3O2/c21-15-8-6-14(7-9-15)17-10-11-20(26)23(16-3-2-12-22-13-16)24(17)18-4-1-5-19(18)25/h2-3,6-10,12-13,18-19,25H,1,4-5,11H2/t18-,19-/m1/s1. The van der Waals surface area contributed by atoms with Crippen LogP contribution >= 0.6 is 11.6 Å². The molecule has 2 aromatic rings. The molecule has 1 saturated carbocycles. The van der Waals surface area contributed by atoms with Gasteiger partial charge in [-0.1, -0.05) is 23.7 Å². The van der Waals surface area contributed by atoms with Gasteiger partial charge in [-0.05, 0) is 55.2 Å². The number of halogens is 1. The van der Waals surface area contributed by atoms with E-state index >= 15 is 0 Å². The van der Waals surface area contributed by atoms with Crippen LogP contribution in [-0.2, 0) is 4.79 Å². The molecule has 26 heavy (non-hydrogen) atoms. The lowest BCUT2D eigenvalue weighted by Crippen LogP contribution is -2.55. The molecule has 1 aliphatic heterocycles. The average molecular weight is 370 g/mol. The zero-order valence-corrected chi connectivity index (χ0v) is 15.0. The molecule has 2 atom stereocenters. The molecule has 4 rings (SSSR count). The SMILES string of the molecule is O=C1CC=C(c2ccc(Cl)cc2)N([C@@H]2CCC[C@H]2O)N1c1cccnc1. The van der Waals surface area contributed by atoms with Crippen molar-refractivity contribution in [2.24, 2.45) is 0 Å². The summed E-state index contributed by atoms with van der Waals surface area (Å²) < 4.78 is 0. The number of pyridine rings is 1. The van der Waals surface area contributed by atoms with Gasteiger partial charge in [0.2, 0.25) is 5.91 Å². The van der Waals surface area contributed by atoms with Crippen molar-refractivity contribution in [1.82, 2.24) is 9.99 Å². The van der Waals surface area contributed by atoms with Gasteiger partial charge in [-0.25, -0.2) is 5.01 Å². The third-order valence-electron chi connectivity index (χ3n) is 4.96. The minimum absolute atomic E-state index is 0.0326. The second-order valence-corrected chi connectivity index (χ2v) is 7.06. The van der Waals surface area contributed by atoms with Gasteiger partial charge in [0.1, 0.15) is 0 Å². The Labute approximate surface area is 157 Å². The van der Waals surface area contributed by atoms with Gasteiger partial charge in [-0.15, -0.1) is 0 Å². The molecule has 6 heteroatoms. The van der Waals surface area contributed by atoms with Crippen LogP contribution in [-0.4, -0.2) is 33.2 Å². The zero-order chi connectivity index (χ0) is 18.1. The van der Waals surface area contributed by atoms with E-state index in [1.807, 2.05) is 47.5 Å². The number of aliphatic hydroxyl groups is 1. The van der Waals surface area contributed by atoms with E-state index in [0.29, 0.717) is 17.1 Å². The summed E-state index contributed by atoms with van der Waals surface area (Å²) in [5.74, 6) is -0.0326. The number of carbonyl (C=O) groups is 1. The Morgan fingerprint density at radius 3 is 2.62 bits per heavy atom. The number of rotatable bonds is 3. The van der Waals surface area contributed by atoms with E-state index in [0.717, 1.165) is 30.5 Å². The third-order valence-corrected chi connectivity index (χ3v) is 5.21. The van der Waals surface area contributed by atoms with Crippen LogP contribution in [0.4, 0.5) is 5.69 Å². The maximum absolute atomic E-state index is 12.8. The number of nitrogens with zero attached hydrogens (tertiary/aromatic N) is 3. The Bertz CT molecular complexity index is 823. The van der Waals surface area contributed by atoms with Crippen molar-refractivity contribution in [3.05, 3.63) is 65.5 Å². The first-order valence-electron chi connectivity index (χ1n) is 8.81. The number of hydrazine groups is 1. The number of aromatic nitrogens is 1. The molecular formula is C20H20ClN3O2. The minimum Gasteiger partial charge on any atom is -0.391 e. The van der Waals surface area contributed by atoms with Gasteiger partial charge in [0.15, 0.2) is 0 Å². The number of carbonyl (C=O) groups excluding carboxylic acids is 1. The minimum atomic E-state index is -0.476. The summed E-state index contributed by atoms with van der Waals surface area (Å²) in [7, 11) is 0. The second kappa shape index (κ2) is 7.09. The number of benzene rings is 1. The highest BCUT2D eigenvalue weighted by Gasteiger charge is 2.40. The summed E-state index contributed by atoms with van der Waals surface area (Å²) in [6.07, 6.45) is 7.62. The van der Waals surface area contributed by atoms with Crippen LogP contribution < -0.4 is 5.01 Å². The second-order valence-electron chi connectivity index (χ2n) is 6.63. The van der Waals surface area contributed by atoms with E-state index in [2.05, 4.69) is 4.98 Å². The highest BCUT2D eigenvalue weighted by atomic mass is 35.5. The molecule has 2 aliphatic rings. The molecule has 5 nitrogen and oxygen atoms in total. The molecule has 1 amide bonds. The fraction of sp³-hybridized carbons (Fsp3) is 0.300. The van der Waals surface area contributed by atoms with Gasteiger partial charge in [-0.2, -0.15) is 0 Å². The van der Waals surface area contributed by atoms with Crippen molar-refractivity contribution >= 4 is 28.9 Å². The van der Waals surface area contributed by atoms with E-state index in [-0.39, 0.29) is 11.9 Å². The number of hydrogen-bond donors (Lipinski definition) is 1. The molecule has 0 bridgehead atoms. The summed E-state index contributed by atoms with van der Waals surface area (Å²) in [4.78, 5) is 17.0. The molecule has 1 aromatic carbocycles. The molecule has 1 N–H and O–H groups in total. The lowest BCUT2D eigenvalue weighted by Gasteiger charge is -2.45. The van der Waals surface area contributed by atoms with Crippen molar-refractivity contribution in [1.29, 1.82) is 0 Å². The molecule has 2 heterocycles. The van der Waals surface area contributed by atoms with Crippen LogP contribution in [0, 0.1) is 0 Å². The van der Waals surface area contributed by atoms with Gasteiger partial charge < -0.3 is 5.11 Å². The van der Waals surface area contributed by atoms with Crippen LogP contribution in [0.3, 0.4) is 0 Å². The van der Waals surface area contributed by atoms with E-state index < -0.39 is 6.10 Å². The lowest BCUT2D eigenvalue weighted by molar-refractivity contribution is -0.121. The normalized spacial score (nSPS) is 23.3. The summed E-state index contributed by atoms with van der Waals surface area (Å²) in [6, 6.07) is 11.1. The van der Waals surface area contributed by atoms with E-state index in [1.54, 1.807) is 17.4 Å². The fourth-order valence-corrected chi connectivity index (χ4v) is 3.87. The molecular weight excluding hydrogens is 350 g/mol. The Kier molecular flexibility index (Phi) is 4.66. The summed E-state index contributed by atoms with van der Waals surface area (Å²) in [6.45, 7) is 0. The predicted octanol–water partition coefficient (Wildman–Crippen LogP) is 3.64. The number of anilines is 1. The molecule has 0 spiro atoms.